The molecule has 0 saturated carbocycles. The molecule has 3 nitrogen and oxygen atoms in total. The van der Waals surface area contributed by atoms with Crippen LogP contribution in [0.1, 0.15) is 0 Å². The minimum absolute atomic E-state index is 0.131. The maximum absolute atomic E-state index is 12.2. The summed E-state index contributed by atoms with van der Waals surface area (Å²) in [7, 11) is 4.45. The Balaban J connectivity index is 1.78. The van der Waals surface area contributed by atoms with Crippen LogP contribution in [0.4, 0.5) is 0 Å². The Labute approximate surface area is 94.6 Å². The van der Waals surface area contributed by atoms with Crippen LogP contribution < -0.4 is 0 Å². The van der Waals surface area contributed by atoms with Gasteiger partial charge in [-0.1, -0.05) is 0 Å². The molecule has 0 aromatic heterocycles. The van der Waals surface area contributed by atoms with Gasteiger partial charge in [-0.15, -0.1) is 0 Å². The van der Waals surface area contributed by atoms with Gasteiger partial charge in [0.15, 0.2) is 0 Å². The first kappa shape index (κ1) is 7.01. The van der Waals surface area contributed by atoms with E-state index in [9.17, 15) is 9.59 Å². The van der Waals surface area contributed by atoms with Crippen molar-refractivity contribution in [1.29, 1.82) is 0 Å². The molecule has 10 fully saturated rings. The second-order valence-electron chi connectivity index (χ2n) is 11.1. The number of hydrogen-bond acceptors (Lipinski definition) is 3. The quantitative estimate of drug-likeness (QED) is 0.588. The van der Waals surface area contributed by atoms with Gasteiger partial charge in [0.25, 0.3) is 0 Å². The molecule has 8 unspecified atom stereocenters. The fourth-order valence-electron chi connectivity index (χ4n) is 19.1. The minimum atomic E-state index is -3.84. The molecule has 9 atom stereocenters. The molecule has 10 rings (SSSR count). The summed E-state index contributed by atoms with van der Waals surface area (Å²) in [6, 6.07) is 0. The predicted molar refractivity (Wildman–Crippen MR) is 60.2 cm³/mol. The zero-order valence-electron chi connectivity index (χ0n) is 10.3. The SMILES string of the molecule is CN(C)[C]12[CH]3[CH]4[CH]5[C@@]1(C=O)[Fe]43521678[CH]2[CH]1[CH]6[C]7(C=O)[CH]28. The molecular weight excluding hydrogens is 270 g/mol. The number of hydrogen-bond donors (Lipinski definition) is 0. The normalized spacial score (nSPS) is 121. The van der Waals surface area contributed by atoms with E-state index in [-0.39, 0.29) is 8.63 Å². The van der Waals surface area contributed by atoms with Crippen LogP contribution in [0.25, 0.3) is 0 Å². The van der Waals surface area contributed by atoms with Gasteiger partial charge in [0.2, 0.25) is 0 Å². The van der Waals surface area contributed by atoms with Crippen molar-refractivity contribution in [1.82, 2.24) is 4.90 Å². The van der Waals surface area contributed by atoms with Crippen LogP contribution in [0.15, 0.2) is 0 Å². The Morgan fingerprint density at radius 3 is 1.89 bits per heavy atom. The third-order valence-electron chi connectivity index (χ3n) is 16.1. The number of carbonyl (C=O) groups is 2. The van der Waals surface area contributed by atoms with E-state index < -0.39 is 6.51 Å². The molecule has 10 aliphatic rings. The Bertz CT molecular complexity index is 1130. The number of nitrogens with zero attached hydrogens (tertiary/aromatic N) is 1. The van der Waals surface area contributed by atoms with Gasteiger partial charge in [-0.25, -0.2) is 0 Å². The number of aldehydes is 2. The van der Waals surface area contributed by atoms with Gasteiger partial charge in [0.05, 0.1) is 0 Å². The first-order chi connectivity index (χ1) is 8.39. The van der Waals surface area contributed by atoms with E-state index >= 15 is 0 Å². The predicted octanol–water partition coefficient (Wildman–Crippen LogP) is 1.98. The second-order valence-corrected chi connectivity index (χ2v) is 34.0. The Kier molecular flexibility index (Phi) is 0.208. The summed E-state index contributed by atoms with van der Waals surface area (Å²) in [6.07, 6.45) is 2.88. The molecule has 0 amide bonds. The van der Waals surface area contributed by atoms with Crippen molar-refractivity contribution >= 4 is 12.6 Å². The van der Waals surface area contributed by atoms with Crippen LogP contribution in [-0.2, 0) is 16.1 Å². The first-order valence-electron chi connectivity index (χ1n) is 7.20. The van der Waals surface area contributed by atoms with Crippen molar-refractivity contribution in [3.8, 4) is 0 Å². The zero-order chi connectivity index (χ0) is 11.8. The van der Waals surface area contributed by atoms with Gasteiger partial charge in [0, 0.05) is 0 Å². The molecule has 0 aromatic carbocycles. The summed E-state index contributed by atoms with van der Waals surface area (Å²) in [5.74, 6) is 0. The van der Waals surface area contributed by atoms with Crippen LogP contribution in [0, 0.1) is 0 Å². The first-order valence-corrected chi connectivity index (χ1v) is 13.3. The van der Waals surface area contributed by atoms with Crippen molar-refractivity contribution in [2.45, 2.75) is 46.8 Å². The van der Waals surface area contributed by atoms with Gasteiger partial charge < -0.3 is 0 Å². The summed E-state index contributed by atoms with van der Waals surface area (Å²) < 4.78 is 0.658. The fourth-order valence-corrected chi connectivity index (χ4v) is 96.2. The van der Waals surface area contributed by atoms with Crippen molar-refractivity contribution in [2.75, 3.05) is 14.1 Å². The molecule has 18 heavy (non-hydrogen) atoms. The van der Waals surface area contributed by atoms with Gasteiger partial charge >= 0.3 is 94.4 Å². The standard InChI is InChI=1S/C8H10NO.C6H5O.Fe/c1-9(2)8-5-3-4-7(8)6-10;7-5-6-3-1-2-4-6;/h3-6H,1-2H3;1-5H;. The summed E-state index contributed by atoms with van der Waals surface area (Å²) in [6.45, 7) is -3.84. The van der Waals surface area contributed by atoms with Gasteiger partial charge in [0.1, 0.15) is 0 Å². The molecule has 10 aliphatic heterocycles. The Hall–Kier alpha value is -0.181. The molecule has 4 heteroatoms. The van der Waals surface area contributed by atoms with Gasteiger partial charge in [-0.2, -0.15) is 0 Å². The van der Waals surface area contributed by atoms with E-state index in [0.717, 1.165) is 33.7 Å². The fraction of sp³-hybridized carbons (Fsp3) is 0.857. The molecule has 0 aliphatic carbocycles. The van der Waals surface area contributed by atoms with Crippen LogP contribution in [0.3, 0.4) is 0 Å². The number of carbonyl (C=O) groups excluding carboxylic acids is 2. The molecule has 0 bridgehead atoms. The summed E-state index contributed by atoms with van der Waals surface area (Å²) in [4.78, 5) is 33.2. The third-order valence-corrected chi connectivity index (χ3v) is 59.5. The molecule has 96 valence electrons. The molecular formula is C14H15FeNO2. The molecule has 1 spiro atoms. The van der Waals surface area contributed by atoms with E-state index in [4.69, 9.17) is 0 Å². The van der Waals surface area contributed by atoms with Crippen LogP contribution in [0.2, 0.25) is 42.3 Å². The molecule has 0 aromatic rings. The summed E-state index contributed by atoms with van der Waals surface area (Å²) >= 11 is 0. The van der Waals surface area contributed by atoms with Crippen molar-refractivity contribution in [3.63, 3.8) is 0 Å². The van der Waals surface area contributed by atoms with Gasteiger partial charge in [-0.3, -0.25) is 0 Å². The Morgan fingerprint density at radius 2 is 1.61 bits per heavy atom. The second kappa shape index (κ2) is 0.534. The van der Waals surface area contributed by atoms with Crippen LogP contribution in [0.5, 0.6) is 0 Å². The number of fused-ring (bicyclic) bond motifs is 10. The average Bonchev–Trinajstić information content (AvgIpc) is 3.30. The van der Waals surface area contributed by atoms with Crippen molar-refractivity contribution in [3.05, 3.63) is 0 Å². The zero-order valence-corrected chi connectivity index (χ0v) is 11.4. The average molecular weight is 285 g/mol. The van der Waals surface area contributed by atoms with E-state index in [1.165, 1.54) is 12.6 Å². The molecule has 0 radical (unpaired) electrons. The van der Waals surface area contributed by atoms with Crippen LogP contribution in [-0.4, -0.2) is 36.0 Å². The molecule has 0 N–H and O–H groups in total. The Morgan fingerprint density at radius 1 is 0.944 bits per heavy atom. The topological polar surface area (TPSA) is 37.4 Å². The molecule has 10 heterocycles. The van der Waals surface area contributed by atoms with Crippen LogP contribution >= 0.6 is 0 Å². The van der Waals surface area contributed by atoms with E-state index in [1.807, 2.05) is 0 Å². The third kappa shape index (κ3) is 0.0548. The van der Waals surface area contributed by atoms with E-state index in [2.05, 4.69) is 19.0 Å². The summed E-state index contributed by atoms with van der Waals surface area (Å²) in [5.41, 5.74) is 0. The van der Waals surface area contributed by atoms with Crippen molar-refractivity contribution in [2.24, 2.45) is 0 Å². The maximum atomic E-state index is 12.2. The van der Waals surface area contributed by atoms with E-state index in [1.54, 1.807) is 0 Å². The van der Waals surface area contributed by atoms with E-state index in [0.29, 0.717) is 4.44 Å². The number of rotatable bonds is 3. The molecule has 10 saturated heterocycles. The monoisotopic (exact) mass is 285 g/mol. The summed E-state index contributed by atoms with van der Waals surface area (Å²) in [5, 5.41) is 0. The van der Waals surface area contributed by atoms with Gasteiger partial charge in [-0.05, 0) is 0 Å². The van der Waals surface area contributed by atoms with Crippen molar-refractivity contribution < 1.29 is 16.1 Å².